The van der Waals surface area contributed by atoms with Gasteiger partial charge in [0.15, 0.2) is 11.6 Å². The van der Waals surface area contributed by atoms with Crippen molar-refractivity contribution < 1.29 is 23.6 Å². The highest BCUT2D eigenvalue weighted by Gasteiger charge is 2.25. The van der Waals surface area contributed by atoms with Gasteiger partial charge in [-0.3, -0.25) is 10.1 Å². The van der Waals surface area contributed by atoms with Crippen LogP contribution in [-0.2, 0) is 4.79 Å². The second-order valence-corrected chi connectivity index (χ2v) is 4.25. The summed E-state index contributed by atoms with van der Waals surface area (Å²) >= 11 is 0. The van der Waals surface area contributed by atoms with Crippen LogP contribution < -0.4 is 5.32 Å². The lowest BCUT2D eigenvalue weighted by molar-refractivity contribution is -0.385. The number of nitrogens with one attached hydrogen (secondary N) is 1. The maximum Gasteiger partial charge on any atom is 0.326 e. The van der Waals surface area contributed by atoms with Crippen molar-refractivity contribution in [3.63, 3.8) is 0 Å². The van der Waals surface area contributed by atoms with Gasteiger partial charge in [0.25, 0.3) is 5.69 Å². The van der Waals surface area contributed by atoms with Crippen molar-refractivity contribution in [2.75, 3.05) is 5.32 Å². The zero-order valence-corrected chi connectivity index (χ0v) is 10.2. The topological polar surface area (TPSA) is 92.5 Å². The first-order valence-electron chi connectivity index (χ1n) is 5.36. The number of hydrogen-bond donors (Lipinski definition) is 2. The van der Waals surface area contributed by atoms with Gasteiger partial charge in [0, 0.05) is 0 Å². The van der Waals surface area contributed by atoms with E-state index in [2.05, 4.69) is 5.32 Å². The van der Waals surface area contributed by atoms with E-state index in [0.29, 0.717) is 12.1 Å². The molecule has 0 aromatic heterocycles. The molecule has 0 aliphatic carbocycles. The number of nitrogens with zero attached hydrogens (tertiary/aromatic N) is 1. The second-order valence-electron chi connectivity index (χ2n) is 4.25. The maximum atomic E-state index is 13.6. The molecule has 0 aliphatic heterocycles. The molecule has 2 N–H and O–H groups in total. The van der Waals surface area contributed by atoms with Crippen LogP contribution in [0, 0.1) is 27.7 Å². The Morgan fingerprint density at radius 3 is 2.16 bits per heavy atom. The van der Waals surface area contributed by atoms with Crippen LogP contribution in [0.4, 0.5) is 20.2 Å². The summed E-state index contributed by atoms with van der Waals surface area (Å²) < 4.78 is 27.1. The van der Waals surface area contributed by atoms with Gasteiger partial charge in [-0.15, -0.1) is 0 Å². The monoisotopic (exact) mass is 274 g/mol. The Balaban J connectivity index is 3.14. The summed E-state index contributed by atoms with van der Waals surface area (Å²) in [6, 6.07) is -0.138. The lowest BCUT2D eigenvalue weighted by Gasteiger charge is -2.19. The van der Waals surface area contributed by atoms with Crippen molar-refractivity contribution >= 4 is 17.3 Å². The fourth-order valence-corrected chi connectivity index (χ4v) is 1.47. The van der Waals surface area contributed by atoms with Crippen LogP contribution in [0.5, 0.6) is 0 Å². The van der Waals surface area contributed by atoms with Gasteiger partial charge in [0.1, 0.15) is 11.7 Å². The summed E-state index contributed by atoms with van der Waals surface area (Å²) in [5, 5.41) is 21.5. The largest absolute Gasteiger partial charge is 0.480 e. The molecule has 0 bridgehead atoms. The van der Waals surface area contributed by atoms with Crippen LogP contribution in [0.1, 0.15) is 13.8 Å². The van der Waals surface area contributed by atoms with E-state index in [-0.39, 0.29) is 0 Å². The molecule has 8 heteroatoms. The first kappa shape index (κ1) is 14.8. The van der Waals surface area contributed by atoms with Gasteiger partial charge in [0.2, 0.25) is 0 Å². The number of hydrogen-bond acceptors (Lipinski definition) is 4. The van der Waals surface area contributed by atoms with Gasteiger partial charge in [-0.2, -0.15) is 0 Å². The van der Waals surface area contributed by atoms with Crippen LogP contribution in [0.2, 0.25) is 0 Å². The van der Waals surface area contributed by atoms with Gasteiger partial charge in [-0.1, -0.05) is 13.8 Å². The standard InChI is InChI=1S/C11H12F2N2O4/c1-5(2)9(11(16)17)14-10-7(12)3-6(15(18)19)4-8(10)13/h3-5,9,14H,1-2H3,(H,16,17). The van der Waals surface area contributed by atoms with Gasteiger partial charge in [-0.05, 0) is 5.92 Å². The van der Waals surface area contributed by atoms with Crippen molar-refractivity contribution in [3.05, 3.63) is 33.9 Å². The van der Waals surface area contributed by atoms with Crippen LogP contribution in [0.15, 0.2) is 12.1 Å². The SMILES string of the molecule is CC(C)C(Nc1c(F)cc([N+](=O)[O-])cc1F)C(=O)O. The number of nitro benzene ring substituents is 1. The molecular formula is C11H12F2N2O4. The fourth-order valence-electron chi connectivity index (χ4n) is 1.47. The number of carbonyl (C=O) groups is 1. The number of rotatable bonds is 5. The summed E-state index contributed by atoms with van der Waals surface area (Å²) in [7, 11) is 0. The van der Waals surface area contributed by atoms with E-state index in [0.717, 1.165) is 0 Å². The molecule has 1 rings (SSSR count). The first-order chi connectivity index (χ1) is 8.73. The second kappa shape index (κ2) is 5.59. The van der Waals surface area contributed by atoms with Crippen LogP contribution >= 0.6 is 0 Å². The molecule has 0 saturated carbocycles. The molecule has 1 unspecified atom stereocenters. The normalized spacial score (nSPS) is 12.3. The minimum absolute atomic E-state index is 0.425. The molecular weight excluding hydrogens is 262 g/mol. The molecule has 1 aromatic rings. The van der Waals surface area contributed by atoms with Gasteiger partial charge >= 0.3 is 5.97 Å². The predicted molar refractivity (Wildman–Crippen MR) is 62.9 cm³/mol. The molecule has 0 saturated heterocycles. The van der Waals surface area contributed by atoms with E-state index in [4.69, 9.17) is 5.11 Å². The Hall–Kier alpha value is -2.25. The minimum Gasteiger partial charge on any atom is -0.480 e. The number of nitro groups is 1. The zero-order valence-electron chi connectivity index (χ0n) is 10.2. The van der Waals surface area contributed by atoms with Crippen molar-refractivity contribution in [2.45, 2.75) is 19.9 Å². The highest BCUT2D eigenvalue weighted by Crippen LogP contribution is 2.26. The third kappa shape index (κ3) is 3.36. The number of halogens is 2. The average Bonchev–Trinajstić information content (AvgIpc) is 2.26. The van der Waals surface area contributed by atoms with Gasteiger partial charge < -0.3 is 10.4 Å². The van der Waals surface area contributed by atoms with E-state index >= 15 is 0 Å². The van der Waals surface area contributed by atoms with Crippen molar-refractivity contribution in [2.24, 2.45) is 5.92 Å². The molecule has 1 atom stereocenters. The molecule has 0 fully saturated rings. The average molecular weight is 274 g/mol. The summed E-state index contributed by atoms with van der Waals surface area (Å²) in [5.41, 5.74) is -1.43. The van der Waals surface area contributed by atoms with E-state index in [1.54, 1.807) is 13.8 Å². The zero-order chi connectivity index (χ0) is 14.7. The summed E-state index contributed by atoms with van der Waals surface area (Å²) in [6.07, 6.45) is 0. The van der Waals surface area contributed by atoms with Gasteiger partial charge in [0.05, 0.1) is 17.1 Å². The lowest BCUT2D eigenvalue weighted by atomic mass is 10.0. The van der Waals surface area contributed by atoms with Crippen molar-refractivity contribution in [3.8, 4) is 0 Å². The number of aliphatic carboxylic acids is 1. The quantitative estimate of drug-likeness (QED) is 0.635. The molecule has 0 amide bonds. The van der Waals surface area contributed by atoms with Crippen LogP contribution in [0.3, 0.4) is 0 Å². The molecule has 19 heavy (non-hydrogen) atoms. The number of carboxylic acids is 1. The smallest absolute Gasteiger partial charge is 0.326 e. The molecule has 0 aliphatic rings. The molecule has 6 nitrogen and oxygen atoms in total. The maximum absolute atomic E-state index is 13.6. The number of non-ortho nitro benzene ring substituents is 1. The Labute approximate surface area is 107 Å². The Morgan fingerprint density at radius 2 is 1.84 bits per heavy atom. The Morgan fingerprint density at radius 1 is 1.37 bits per heavy atom. The molecule has 1 aromatic carbocycles. The minimum atomic E-state index is -1.27. The predicted octanol–water partition coefficient (Wildman–Crippen LogP) is 2.39. The van der Waals surface area contributed by atoms with Crippen molar-refractivity contribution in [1.29, 1.82) is 0 Å². The van der Waals surface area contributed by atoms with Crippen molar-refractivity contribution in [1.82, 2.24) is 0 Å². The first-order valence-corrected chi connectivity index (χ1v) is 5.36. The van der Waals surface area contributed by atoms with E-state index < -0.39 is 45.9 Å². The van der Waals surface area contributed by atoms with E-state index in [9.17, 15) is 23.7 Å². The molecule has 104 valence electrons. The number of benzene rings is 1. The number of carboxylic acid groups (broad SMARTS) is 1. The Kier molecular flexibility index (Phi) is 4.36. The van der Waals surface area contributed by atoms with E-state index in [1.807, 2.05) is 0 Å². The number of anilines is 1. The molecule has 0 radical (unpaired) electrons. The third-order valence-corrected chi connectivity index (χ3v) is 2.47. The summed E-state index contributed by atoms with van der Waals surface area (Å²) in [4.78, 5) is 20.4. The third-order valence-electron chi connectivity index (χ3n) is 2.47. The lowest BCUT2D eigenvalue weighted by Crippen LogP contribution is -2.35. The highest BCUT2D eigenvalue weighted by atomic mass is 19.1. The van der Waals surface area contributed by atoms with Gasteiger partial charge in [-0.25, -0.2) is 13.6 Å². The summed E-state index contributed by atoms with van der Waals surface area (Å²) in [6.45, 7) is 3.12. The Bertz CT molecular complexity index is 496. The fraction of sp³-hybridized carbons (Fsp3) is 0.364. The van der Waals surface area contributed by atoms with Crippen LogP contribution in [-0.4, -0.2) is 22.0 Å². The van der Waals surface area contributed by atoms with E-state index in [1.165, 1.54) is 0 Å². The molecule has 0 spiro atoms. The molecule has 0 heterocycles. The summed E-state index contributed by atoms with van der Waals surface area (Å²) in [5.74, 6) is -4.11. The van der Waals surface area contributed by atoms with Crippen LogP contribution in [0.25, 0.3) is 0 Å². The highest BCUT2D eigenvalue weighted by molar-refractivity contribution is 5.77.